The van der Waals surface area contributed by atoms with Crippen molar-refractivity contribution < 1.29 is 0 Å². The highest BCUT2D eigenvalue weighted by Crippen LogP contribution is 2.43. The van der Waals surface area contributed by atoms with Gasteiger partial charge >= 0.3 is 0 Å². The van der Waals surface area contributed by atoms with Gasteiger partial charge in [-0.25, -0.2) is 0 Å². The molecule has 1 rings (SSSR count). The number of rotatable bonds is 4. The summed E-state index contributed by atoms with van der Waals surface area (Å²) in [6.07, 6.45) is 3.00. The van der Waals surface area contributed by atoms with Crippen molar-refractivity contribution in [1.29, 1.82) is 0 Å². The first-order valence-corrected chi connectivity index (χ1v) is 9.48. The molecule has 1 saturated heterocycles. The number of hydrogen-bond acceptors (Lipinski definition) is 1. The van der Waals surface area contributed by atoms with Crippen molar-refractivity contribution in [3.05, 3.63) is 0 Å². The lowest BCUT2D eigenvalue weighted by molar-refractivity contribution is 0.804. The fourth-order valence-electron chi connectivity index (χ4n) is 2.69. The second-order valence-electron chi connectivity index (χ2n) is 4.44. The molecule has 1 heterocycles. The van der Waals surface area contributed by atoms with Gasteiger partial charge in [0.15, 0.2) is 0 Å². The topological polar surface area (TPSA) is 0 Å². The average Bonchev–Trinajstić information content (AvgIpc) is 2.57. The van der Waals surface area contributed by atoms with Crippen molar-refractivity contribution in [3.63, 3.8) is 0 Å². The molecule has 0 saturated carbocycles. The molecule has 13 heavy (non-hydrogen) atoms. The highest BCUT2D eigenvalue weighted by Gasteiger charge is 2.40. The predicted molar refractivity (Wildman–Crippen MR) is 67.3 cm³/mol. The Bertz CT molecular complexity index is 146. The van der Waals surface area contributed by atoms with Gasteiger partial charge in [-0.05, 0) is 12.8 Å². The van der Waals surface area contributed by atoms with Gasteiger partial charge in [0.2, 0.25) is 0 Å². The van der Waals surface area contributed by atoms with Gasteiger partial charge in [0, 0.05) is 10.1 Å². The van der Waals surface area contributed by atoms with E-state index in [-0.39, 0.29) is 0 Å². The van der Waals surface area contributed by atoms with Crippen LogP contribution in [-0.2, 0) is 0 Å². The quantitative estimate of drug-likeness (QED) is 0.631. The molecule has 1 aliphatic heterocycles. The maximum absolute atomic E-state index is 2.43. The van der Waals surface area contributed by atoms with Crippen LogP contribution >= 0.6 is 11.8 Å². The van der Waals surface area contributed by atoms with Gasteiger partial charge < -0.3 is 0 Å². The molecule has 0 aromatic carbocycles. The van der Waals surface area contributed by atoms with Crippen LogP contribution in [0.4, 0.5) is 0 Å². The Kier molecular flexibility index (Phi) is 4.37. The molecule has 78 valence electrons. The molecule has 2 atom stereocenters. The minimum atomic E-state index is -0.863. The standard InChI is InChI=1S/C11H24SSi/c1-5-13(6-2,7-3)11-9-8-10(4)12-11/h10-11H,5-9H2,1-4H3/t10-,11-/m1/s1. The molecule has 0 aromatic heterocycles. The largest absolute Gasteiger partial charge is 0.159 e. The minimum absolute atomic E-state index is 0.863. The molecule has 0 aliphatic carbocycles. The first-order chi connectivity index (χ1) is 6.18. The van der Waals surface area contributed by atoms with Crippen molar-refractivity contribution in [1.82, 2.24) is 0 Å². The molecule has 0 N–H and O–H groups in total. The van der Waals surface area contributed by atoms with E-state index in [0.717, 1.165) is 10.1 Å². The Labute approximate surface area is 88.9 Å². The number of thioether (sulfide) groups is 1. The van der Waals surface area contributed by atoms with Gasteiger partial charge in [0.05, 0.1) is 8.07 Å². The molecular formula is C11H24SSi. The van der Waals surface area contributed by atoms with Crippen molar-refractivity contribution >= 4 is 19.8 Å². The molecule has 1 fully saturated rings. The van der Waals surface area contributed by atoms with Gasteiger partial charge in [0.25, 0.3) is 0 Å². The van der Waals surface area contributed by atoms with Crippen LogP contribution in [0, 0.1) is 0 Å². The Morgan fingerprint density at radius 2 is 1.62 bits per heavy atom. The van der Waals surface area contributed by atoms with Crippen LogP contribution < -0.4 is 0 Å². The lowest BCUT2D eigenvalue weighted by atomic mass is 10.3. The monoisotopic (exact) mass is 216 g/mol. The van der Waals surface area contributed by atoms with Gasteiger partial charge in [-0.15, -0.1) is 0 Å². The van der Waals surface area contributed by atoms with Gasteiger partial charge in [-0.1, -0.05) is 45.8 Å². The summed E-state index contributed by atoms with van der Waals surface area (Å²) in [5, 5.41) is 0.946. The maximum atomic E-state index is 2.43. The van der Waals surface area contributed by atoms with Crippen LogP contribution in [0.2, 0.25) is 18.1 Å². The average molecular weight is 216 g/mol. The van der Waals surface area contributed by atoms with Crippen molar-refractivity contribution in [2.75, 3.05) is 0 Å². The number of hydrogen-bond donors (Lipinski definition) is 0. The van der Waals surface area contributed by atoms with Crippen LogP contribution in [0.15, 0.2) is 0 Å². The summed E-state index contributed by atoms with van der Waals surface area (Å²) in [7, 11) is -0.863. The van der Waals surface area contributed by atoms with E-state index in [2.05, 4.69) is 39.5 Å². The highest BCUT2D eigenvalue weighted by atomic mass is 32.2. The van der Waals surface area contributed by atoms with Crippen molar-refractivity contribution in [3.8, 4) is 0 Å². The molecule has 0 bridgehead atoms. The van der Waals surface area contributed by atoms with Crippen molar-refractivity contribution in [2.24, 2.45) is 0 Å². The molecule has 0 radical (unpaired) electrons. The van der Waals surface area contributed by atoms with Crippen LogP contribution in [0.5, 0.6) is 0 Å². The van der Waals surface area contributed by atoms with E-state index in [0.29, 0.717) is 0 Å². The molecule has 0 aromatic rings. The van der Waals surface area contributed by atoms with E-state index in [4.69, 9.17) is 0 Å². The van der Waals surface area contributed by atoms with Crippen LogP contribution in [-0.4, -0.2) is 18.2 Å². The predicted octanol–water partition coefficient (Wildman–Crippen LogP) is 4.32. The molecular weight excluding hydrogens is 192 g/mol. The third-order valence-electron chi connectivity index (χ3n) is 4.03. The maximum Gasteiger partial charge on any atom is 0.0670 e. The Hall–Kier alpha value is 0.567. The van der Waals surface area contributed by atoms with Crippen LogP contribution in [0.3, 0.4) is 0 Å². The third kappa shape index (κ3) is 2.32. The molecule has 1 aliphatic rings. The summed E-state index contributed by atoms with van der Waals surface area (Å²) in [4.78, 5) is 1.09. The molecule has 0 nitrogen and oxygen atoms in total. The van der Waals surface area contributed by atoms with Crippen LogP contribution in [0.25, 0.3) is 0 Å². The molecule has 0 unspecified atom stereocenters. The van der Waals surface area contributed by atoms with Crippen molar-refractivity contribution in [2.45, 2.75) is 68.8 Å². The van der Waals surface area contributed by atoms with E-state index in [1.165, 1.54) is 31.0 Å². The second-order valence-corrected chi connectivity index (χ2v) is 12.0. The minimum Gasteiger partial charge on any atom is -0.159 e. The zero-order valence-electron chi connectivity index (χ0n) is 9.60. The van der Waals surface area contributed by atoms with E-state index >= 15 is 0 Å². The molecule has 0 spiro atoms. The van der Waals surface area contributed by atoms with E-state index < -0.39 is 8.07 Å². The summed E-state index contributed by atoms with van der Waals surface area (Å²) < 4.78 is 0. The van der Waals surface area contributed by atoms with E-state index in [9.17, 15) is 0 Å². The van der Waals surface area contributed by atoms with Gasteiger partial charge in [-0.2, -0.15) is 11.8 Å². The first-order valence-electron chi connectivity index (χ1n) is 5.84. The zero-order valence-corrected chi connectivity index (χ0v) is 11.4. The summed E-state index contributed by atoms with van der Waals surface area (Å²) in [5.41, 5.74) is 0. The van der Waals surface area contributed by atoms with Gasteiger partial charge in [0.1, 0.15) is 0 Å². The summed E-state index contributed by atoms with van der Waals surface area (Å²) in [6, 6.07) is 4.51. The normalized spacial score (nSPS) is 29.5. The Morgan fingerprint density at radius 1 is 1.08 bits per heavy atom. The lowest BCUT2D eigenvalue weighted by Crippen LogP contribution is -2.42. The highest BCUT2D eigenvalue weighted by molar-refractivity contribution is 8.02. The van der Waals surface area contributed by atoms with Gasteiger partial charge in [-0.3, -0.25) is 0 Å². The molecule has 0 amide bonds. The SMILES string of the molecule is CC[Si](CC)(CC)[C@@H]1CC[C@@H](C)S1. The zero-order chi connectivity index (χ0) is 9.90. The Balaban J connectivity index is 2.64. The van der Waals surface area contributed by atoms with Crippen LogP contribution in [0.1, 0.15) is 40.5 Å². The summed E-state index contributed by atoms with van der Waals surface area (Å²) in [5.74, 6) is 0. The summed E-state index contributed by atoms with van der Waals surface area (Å²) in [6.45, 7) is 9.71. The van der Waals surface area contributed by atoms with E-state index in [1.54, 1.807) is 0 Å². The fraction of sp³-hybridized carbons (Fsp3) is 1.00. The lowest BCUT2D eigenvalue weighted by Gasteiger charge is -2.34. The third-order valence-corrected chi connectivity index (χ3v) is 13.1. The molecule has 2 heteroatoms. The smallest absolute Gasteiger partial charge is 0.0670 e. The Morgan fingerprint density at radius 3 is 1.92 bits per heavy atom. The first kappa shape index (κ1) is 11.6. The summed E-state index contributed by atoms with van der Waals surface area (Å²) >= 11 is 2.31. The van der Waals surface area contributed by atoms with E-state index in [1.807, 2.05) is 0 Å². The second kappa shape index (κ2) is 4.88. The fourth-order valence-corrected chi connectivity index (χ4v) is 10.8.